The van der Waals surface area contributed by atoms with Crippen molar-refractivity contribution in [2.24, 2.45) is 0 Å². The van der Waals surface area contributed by atoms with Crippen molar-refractivity contribution < 1.29 is 15.0 Å². The zero-order valence-corrected chi connectivity index (χ0v) is 7.61. The van der Waals surface area contributed by atoms with E-state index in [9.17, 15) is 9.90 Å². The minimum Gasteiger partial charge on any atom is -0.479 e. The lowest BCUT2D eigenvalue weighted by atomic mass is 9.99. The Morgan fingerprint density at radius 2 is 2.00 bits per heavy atom. The van der Waals surface area contributed by atoms with Crippen LogP contribution in [0.3, 0.4) is 0 Å². The van der Waals surface area contributed by atoms with Crippen LogP contribution in [0, 0.1) is 13.8 Å². The van der Waals surface area contributed by atoms with Crippen molar-refractivity contribution in [3.63, 3.8) is 0 Å². The highest BCUT2D eigenvalue weighted by Crippen LogP contribution is 2.20. The number of hydrogen-bond donors (Lipinski definition) is 2. The van der Waals surface area contributed by atoms with E-state index in [0.29, 0.717) is 5.56 Å². The zero-order valence-electron chi connectivity index (χ0n) is 7.61. The maximum atomic E-state index is 10.5. The first-order valence-electron chi connectivity index (χ1n) is 4.01. The van der Waals surface area contributed by atoms with Crippen LogP contribution in [0.2, 0.25) is 0 Å². The summed E-state index contributed by atoms with van der Waals surface area (Å²) >= 11 is 0. The molecule has 0 saturated carbocycles. The molecule has 3 heteroatoms. The lowest BCUT2D eigenvalue weighted by Gasteiger charge is -2.10. The summed E-state index contributed by atoms with van der Waals surface area (Å²) in [5, 5.41) is 17.9. The van der Waals surface area contributed by atoms with E-state index in [0.717, 1.165) is 11.1 Å². The third kappa shape index (κ3) is 1.87. The normalized spacial score (nSPS) is 12.5. The summed E-state index contributed by atoms with van der Waals surface area (Å²) < 4.78 is 0. The third-order valence-corrected chi connectivity index (χ3v) is 2.18. The minimum absolute atomic E-state index is 0.465. The maximum absolute atomic E-state index is 10.5. The zero-order chi connectivity index (χ0) is 10.0. The fourth-order valence-electron chi connectivity index (χ4n) is 1.20. The van der Waals surface area contributed by atoms with Gasteiger partial charge in [-0.2, -0.15) is 0 Å². The van der Waals surface area contributed by atoms with E-state index in [1.807, 2.05) is 13.0 Å². The lowest BCUT2D eigenvalue weighted by Crippen LogP contribution is -2.12. The Labute approximate surface area is 76.6 Å². The van der Waals surface area contributed by atoms with Gasteiger partial charge in [0, 0.05) is 0 Å². The van der Waals surface area contributed by atoms with Crippen LogP contribution in [-0.2, 0) is 4.79 Å². The molecule has 2 N–H and O–H groups in total. The van der Waals surface area contributed by atoms with E-state index in [4.69, 9.17) is 5.11 Å². The van der Waals surface area contributed by atoms with Gasteiger partial charge in [0.05, 0.1) is 0 Å². The molecule has 1 rings (SSSR count). The molecule has 13 heavy (non-hydrogen) atoms. The molecule has 0 spiro atoms. The summed E-state index contributed by atoms with van der Waals surface area (Å²) in [6, 6.07) is 5.25. The number of aliphatic carboxylic acids is 1. The van der Waals surface area contributed by atoms with Crippen LogP contribution in [0.4, 0.5) is 0 Å². The summed E-state index contributed by atoms with van der Waals surface area (Å²) in [6.45, 7) is 3.68. The molecule has 0 unspecified atom stereocenters. The molecule has 0 fully saturated rings. The molecule has 0 aliphatic heterocycles. The molecule has 0 amide bonds. The Hall–Kier alpha value is -1.35. The Balaban J connectivity index is 3.15. The second kappa shape index (κ2) is 3.58. The predicted octanol–water partition coefficient (Wildman–Crippen LogP) is 1.42. The van der Waals surface area contributed by atoms with Gasteiger partial charge in [0.15, 0.2) is 6.10 Å². The molecule has 0 radical (unpaired) electrons. The summed E-state index contributed by atoms with van der Waals surface area (Å²) in [7, 11) is 0. The summed E-state index contributed by atoms with van der Waals surface area (Å²) in [4.78, 5) is 10.5. The topological polar surface area (TPSA) is 57.5 Å². The second-order valence-corrected chi connectivity index (χ2v) is 3.03. The number of hydrogen-bond acceptors (Lipinski definition) is 2. The Kier molecular flexibility index (Phi) is 2.68. The van der Waals surface area contributed by atoms with Crippen LogP contribution in [0.1, 0.15) is 22.8 Å². The first-order valence-corrected chi connectivity index (χ1v) is 4.01. The van der Waals surface area contributed by atoms with Crippen LogP contribution in [-0.4, -0.2) is 16.2 Å². The van der Waals surface area contributed by atoms with Gasteiger partial charge in [-0.25, -0.2) is 4.79 Å². The van der Waals surface area contributed by atoms with Crippen molar-refractivity contribution in [2.75, 3.05) is 0 Å². The largest absolute Gasteiger partial charge is 0.479 e. The molecule has 1 aromatic carbocycles. The van der Waals surface area contributed by atoms with Gasteiger partial charge in [-0.1, -0.05) is 18.2 Å². The van der Waals surface area contributed by atoms with E-state index >= 15 is 0 Å². The van der Waals surface area contributed by atoms with E-state index in [1.165, 1.54) is 0 Å². The fraction of sp³-hybridized carbons (Fsp3) is 0.300. The number of benzene rings is 1. The number of carbonyl (C=O) groups is 1. The Bertz CT molecular complexity index is 331. The lowest BCUT2D eigenvalue weighted by molar-refractivity contribution is -0.147. The standard InChI is InChI=1S/C10H12O3/c1-6-4-3-5-8(7(6)2)9(11)10(12)13/h3-5,9,11H,1-2H3,(H,12,13)/t9-/m0/s1. The van der Waals surface area contributed by atoms with Crippen LogP contribution >= 0.6 is 0 Å². The number of rotatable bonds is 2. The van der Waals surface area contributed by atoms with Gasteiger partial charge in [-0.05, 0) is 30.5 Å². The molecule has 1 atom stereocenters. The molecule has 0 heterocycles. The highest BCUT2D eigenvalue weighted by atomic mass is 16.4. The van der Waals surface area contributed by atoms with Gasteiger partial charge < -0.3 is 10.2 Å². The predicted molar refractivity (Wildman–Crippen MR) is 48.5 cm³/mol. The molecule has 0 aliphatic carbocycles. The third-order valence-electron chi connectivity index (χ3n) is 2.18. The van der Waals surface area contributed by atoms with Gasteiger partial charge in [0.2, 0.25) is 0 Å². The molecule has 0 saturated heterocycles. The van der Waals surface area contributed by atoms with E-state index < -0.39 is 12.1 Å². The summed E-state index contributed by atoms with van der Waals surface area (Å²) in [6.07, 6.45) is -1.42. The number of carboxylic acids is 1. The Morgan fingerprint density at radius 3 is 2.54 bits per heavy atom. The first-order chi connectivity index (χ1) is 6.04. The molecule has 3 nitrogen and oxygen atoms in total. The number of carboxylic acid groups (broad SMARTS) is 1. The number of aliphatic hydroxyl groups excluding tert-OH is 1. The molecular formula is C10H12O3. The van der Waals surface area contributed by atoms with Crippen molar-refractivity contribution >= 4 is 5.97 Å². The van der Waals surface area contributed by atoms with Gasteiger partial charge in [-0.15, -0.1) is 0 Å². The highest BCUT2D eigenvalue weighted by Gasteiger charge is 2.17. The monoisotopic (exact) mass is 180 g/mol. The van der Waals surface area contributed by atoms with Gasteiger partial charge in [0.25, 0.3) is 0 Å². The van der Waals surface area contributed by atoms with Crippen LogP contribution < -0.4 is 0 Å². The van der Waals surface area contributed by atoms with Gasteiger partial charge in [-0.3, -0.25) is 0 Å². The average molecular weight is 180 g/mol. The summed E-state index contributed by atoms with van der Waals surface area (Å²) in [5.41, 5.74) is 2.28. The molecule has 0 aromatic heterocycles. The number of aryl methyl sites for hydroxylation is 1. The molecular weight excluding hydrogens is 168 g/mol. The molecule has 1 aromatic rings. The fourth-order valence-corrected chi connectivity index (χ4v) is 1.20. The van der Waals surface area contributed by atoms with E-state index in [-0.39, 0.29) is 0 Å². The average Bonchev–Trinajstić information content (AvgIpc) is 2.08. The van der Waals surface area contributed by atoms with E-state index in [2.05, 4.69) is 0 Å². The van der Waals surface area contributed by atoms with Crippen molar-refractivity contribution in [1.82, 2.24) is 0 Å². The highest BCUT2D eigenvalue weighted by molar-refractivity contribution is 5.74. The van der Waals surface area contributed by atoms with Crippen molar-refractivity contribution in [3.05, 3.63) is 34.9 Å². The molecule has 70 valence electrons. The first kappa shape index (κ1) is 9.74. The smallest absolute Gasteiger partial charge is 0.337 e. The molecule has 0 aliphatic rings. The van der Waals surface area contributed by atoms with Gasteiger partial charge >= 0.3 is 5.97 Å². The summed E-state index contributed by atoms with van der Waals surface area (Å²) in [5.74, 6) is -1.21. The van der Waals surface area contributed by atoms with Crippen LogP contribution in [0.25, 0.3) is 0 Å². The number of aliphatic hydroxyl groups is 1. The van der Waals surface area contributed by atoms with Crippen LogP contribution in [0.15, 0.2) is 18.2 Å². The molecule has 0 bridgehead atoms. The van der Waals surface area contributed by atoms with Gasteiger partial charge in [0.1, 0.15) is 0 Å². The second-order valence-electron chi connectivity index (χ2n) is 3.03. The van der Waals surface area contributed by atoms with E-state index in [1.54, 1.807) is 19.1 Å². The minimum atomic E-state index is -1.42. The van der Waals surface area contributed by atoms with Crippen molar-refractivity contribution in [1.29, 1.82) is 0 Å². The van der Waals surface area contributed by atoms with Crippen molar-refractivity contribution in [2.45, 2.75) is 20.0 Å². The maximum Gasteiger partial charge on any atom is 0.337 e. The quantitative estimate of drug-likeness (QED) is 0.723. The van der Waals surface area contributed by atoms with Crippen molar-refractivity contribution in [3.8, 4) is 0 Å². The Morgan fingerprint density at radius 1 is 1.38 bits per heavy atom. The van der Waals surface area contributed by atoms with Crippen LogP contribution in [0.5, 0.6) is 0 Å². The SMILES string of the molecule is Cc1cccc([C@H](O)C(=O)O)c1C.